The summed E-state index contributed by atoms with van der Waals surface area (Å²) in [5.41, 5.74) is 5.91. The molecule has 1 aromatic heterocycles. The first-order valence-corrected chi connectivity index (χ1v) is 9.07. The van der Waals surface area contributed by atoms with Crippen molar-refractivity contribution in [2.24, 2.45) is 5.73 Å². The quantitative estimate of drug-likeness (QED) is 0.875. The molecule has 2 heterocycles. The van der Waals surface area contributed by atoms with Crippen LogP contribution in [0, 0.1) is 0 Å². The minimum absolute atomic E-state index is 0. The fourth-order valence-corrected chi connectivity index (χ4v) is 6.27. The lowest BCUT2D eigenvalue weighted by atomic mass is 10.00. The predicted molar refractivity (Wildman–Crippen MR) is 86.8 cm³/mol. The van der Waals surface area contributed by atoms with E-state index in [-0.39, 0.29) is 33.7 Å². The molecule has 0 radical (unpaired) electrons. The molecule has 2 N–H and O–H groups in total. The minimum atomic E-state index is -3.62. The Labute approximate surface area is 139 Å². The number of nitrogens with zero attached hydrogens (tertiary/aromatic N) is 1. The Bertz CT molecular complexity index is 560. The van der Waals surface area contributed by atoms with Crippen molar-refractivity contribution < 1.29 is 8.42 Å². The minimum Gasteiger partial charge on any atom is -0.326 e. The van der Waals surface area contributed by atoms with Crippen LogP contribution in [0.1, 0.15) is 26.2 Å². The fraction of sp³-hybridized carbons (Fsp3) is 0.636. The van der Waals surface area contributed by atoms with Crippen LogP contribution in [0.25, 0.3) is 0 Å². The molecule has 0 spiro atoms. The molecule has 2 atom stereocenters. The van der Waals surface area contributed by atoms with Gasteiger partial charge in [-0.05, 0) is 25.8 Å². The molecule has 2 unspecified atom stereocenters. The van der Waals surface area contributed by atoms with Crippen LogP contribution in [0.15, 0.2) is 11.0 Å². The molecular weight excluding hydrogens is 363 g/mol. The first-order chi connectivity index (χ1) is 8.84. The van der Waals surface area contributed by atoms with E-state index in [0.717, 1.165) is 30.6 Å². The lowest BCUT2D eigenvalue weighted by Crippen LogP contribution is -2.51. The number of rotatable bonds is 3. The van der Waals surface area contributed by atoms with Gasteiger partial charge in [0, 0.05) is 18.6 Å². The molecule has 0 amide bonds. The molecule has 0 aliphatic carbocycles. The molecule has 0 bridgehead atoms. The van der Waals surface area contributed by atoms with Crippen LogP contribution >= 0.6 is 46.9 Å². The molecule has 1 aliphatic heterocycles. The van der Waals surface area contributed by atoms with Gasteiger partial charge in [0.1, 0.15) is 9.23 Å². The molecule has 20 heavy (non-hydrogen) atoms. The molecular formula is C11H17Cl3N2O2S2. The zero-order valence-electron chi connectivity index (χ0n) is 10.9. The molecule has 0 aromatic carbocycles. The molecule has 1 aromatic rings. The maximum Gasteiger partial charge on any atom is 0.245 e. The van der Waals surface area contributed by atoms with Crippen LogP contribution in [0.4, 0.5) is 0 Å². The van der Waals surface area contributed by atoms with Gasteiger partial charge in [0.25, 0.3) is 0 Å². The summed E-state index contributed by atoms with van der Waals surface area (Å²) in [6.45, 7) is 2.32. The van der Waals surface area contributed by atoms with Gasteiger partial charge in [-0.15, -0.1) is 23.7 Å². The number of sulfonamides is 1. The van der Waals surface area contributed by atoms with E-state index in [4.69, 9.17) is 28.9 Å². The second-order valence-electron chi connectivity index (χ2n) is 4.73. The number of hydrogen-bond acceptors (Lipinski definition) is 4. The molecule has 116 valence electrons. The Morgan fingerprint density at radius 3 is 2.60 bits per heavy atom. The first-order valence-electron chi connectivity index (χ1n) is 6.06. The third kappa shape index (κ3) is 3.61. The van der Waals surface area contributed by atoms with Crippen molar-refractivity contribution >= 4 is 57.0 Å². The SMILES string of the molecule is CC(N)C1CCCCN1S(=O)(=O)c1cc(Cl)sc1Cl.Cl. The lowest BCUT2D eigenvalue weighted by molar-refractivity contribution is 0.227. The number of nitrogens with two attached hydrogens (primary N) is 1. The molecule has 9 heteroatoms. The van der Waals surface area contributed by atoms with E-state index in [0.29, 0.717) is 10.9 Å². The highest BCUT2D eigenvalue weighted by atomic mass is 35.5. The average Bonchev–Trinajstić information content (AvgIpc) is 2.69. The molecule has 0 saturated carbocycles. The number of halogens is 3. The van der Waals surface area contributed by atoms with Crippen LogP contribution < -0.4 is 5.73 Å². The zero-order valence-corrected chi connectivity index (χ0v) is 14.8. The van der Waals surface area contributed by atoms with Crippen LogP contribution in [0.3, 0.4) is 0 Å². The van der Waals surface area contributed by atoms with Crippen LogP contribution in [-0.4, -0.2) is 31.4 Å². The van der Waals surface area contributed by atoms with Crippen molar-refractivity contribution in [2.75, 3.05) is 6.54 Å². The molecule has 2 rings (SSSR count). The van der Waals surface area contributed by atoms with E-state index < -0.39 is 10.0 Å². The number of piperidine rings is 1. The summed E-state index contributed by atoms with van der Waals surface area (Å²) in [4.78, 5) is 0.0942. The summed E-state index contributed by atoms with van der Waals surface area (Å²) in [6, 6.07) is 1.04. The number of thiophene rings is 1. The summed E-state index contributed by atoms with van der Waals surface area (Å²) in [5, 5.41) is 0. The van der Waals surface area contributed by atoms with Crippen molar-refractivity contribution in [1.82, 2.24) is 4.31 Å². The van der Waals surface area contributed by atoms with Gasteiger partial charge < -0.3 is 5.73 Å². The van der Waals surface area contributed by atoms with Crippen molar-refractivity contribution in [3.8, 4) is 0 Å². The van der Waals surface area contributed by atoms with Crippen molar-refractivity contribution in [3.05, 3.63) is 14.7 Å². The molecule has 1 fully saturated rings. The van der Waals surface area contributed by atoms with Crippen molar-refractivity contribution in [3.63, 3.8) is 0 Å². The highest BCUT2D eigenvalue weighted by Gasteiger charge is 2.37. The third-order valence-corrected chi connectivity index (χ3v) is 6.99. The van der Waals surface area contributed by atoms with E-state index in [1.165, 1.54) is 10.4 Å². The second kappa shape index (κ2) is 7.13. The van der Waals surface area contributed by atoms with Gasteiger partial charge in [-0.25, -0.2) is 8.42 Å². The third-order valence-electron chi connectivity index (χ3n) is 3.32. The smallest absolute Gasteiger partial charge is 0.245 e. The normalized spacial score (nSPS) is 22.3. The zero-order chi connectivity index (χ0) is 14.2. The fourth-order valence-electron chi connectivity index (χ4n) is 2.38. The first kappa shape index (κ1) is 18.5. The van der Waals surface area contributed by atoms with Crippen LogP contribution in [0.2, 0.25) is 8.67 Å². The van der Waals surface area contributed by atoms with Crippen LogP contribution in [0.5, 0.6) is 0 Å². The van der Waals surface area contributed by atoms with E-state index in [9.17, 15) is 8.42 Å². The van der Waals surface area contributed by atoms with Gasteiger partial charge in [0.05, 0.1) is 4.34 Å². The summed E-state index contributed by atoms with van der Waals surface area (Å²) >= 11 is 12.9. The van der Waals surface area contributed by atoms with Gasteiger partial charge in [-0.3, -0.25) is 0 Å². The summed E-state index contributed by atoms with van der Waals surface area (Å²) in [5.74, 6) is 0. The van der Waals surface area contributed by atoms with E-state index >= 15 is 0 Å². The van der Waals surface area contributed by atoms with Gasteiger partial charge in [0.15, 0.2) is 0 Å². The van der Waals surface area contributed by atoms with Gasteiger partial charge in [0.2, 0.25) is 10.0 Å². The second-order valence-corrected chi connectivity index (χ2v) is 8.87. The molecule has 1 aliphatic rings. The van der Waals surface area contributed by atoms with Gasteiger partial charge in [-0.1, -0.05) is 29.6 Å². The summed E-state index contributed by atoms with van der Waals surface area (Å²) < 4.78 is 27.4. The molecule has 4 nitrogen and oxygen atoms in total. The lowest BCUT2D eigenvalue weighted by Gasteiger charge is -2.36. The maximum atomic E-state index is 12.7. The monoisotopic (exact) mass is 378 g/mol. The van der Waals surface area contributed by atoms with Gasteiger partial charge in [-0.2, -0.15) is 4.31 Å². The van der Waals surface area contributed by atoms with Gasteiger partial charge >= 0.3 is 0 Å². The van der Waals surface area contributed by atoms with Crippen LogP contribution in [-0.2, 0) is 10.0 Å². The molecule has 1 saturated heterocycles. The van der Waals surface area contributed by atoms with E-state index in [2.05, 4.69) is 0 Å². The van der Waals surface area contributed by atoms with E-state index in [1.807, 2.05) is 6.92 Å². The Morgan fingerprint density at radius 2 is 2.10 bits per heavy atom. The Hall–Kier alpha value is 0.440. The Kier molecular flexibility index (Phi) is 6.59. The highest BCUT2D eigenvalue weighted by Crippen LogP contribution is 2.37. The summed E-state index contributed by atoms with van der Waals surface area (Å²) in [7, 11) is -3.62. The average molecular weight is 380 g/mol. The van der Waals surface area contributed by atoms with E-state index in [1.54, 1.807) is 0 Å². The highest BCUT2D eigenvalue weighted by molar-refractivity contribution is 7.89. The topological polar surface area (TPSA) is 63.4 Å². The standard InChI is InChI=1S/C11H16Cl2N2O2S2.ClH/c1-7(14)8-4-2-3-5-15(8)19(16,17)9-6-10(12)18-11(9)13;/h6-8H,2-5,14H2,1H3;1H. The largest absolute Gasteiger partial charge is 0.326 e. The Morgan fingerprint density at radius 1 is 1.45 bits per heavy atom. The summed E-state index contributed by atoms with van der Waals surface area (Å²) in [6.07, 6.45) is 2.63. The predicted octanol–water partition coefficient (Wildman–Crippen LogP) is 3.37. The van der Waals surface area contributed by atoms with Crippen molar-refractivity contribution in [2.45, 2.75) is 43.2 Å². The maximum absolute atomic E-state index is 12.7. The number of hydrogen-bond donors (Lipinski definition) is 1. The Balaban J connectivity index is 0.00000200. The van der Waals surface area contributed by atoms with Crippen molar-refractivity contribution in [1.29, 1.82) is 0 Å².